The van der Waals surface area contributed by atoms with Crippen LogP contribution >= 0.6 is 0 Å². The molecule has 7 heteroatoms. The number of hydrogen-bond acceptors (Lipinski definition) is 4. The summed E-state index contributed by atoms with van der Waals surface area (Å²) < 4.78 is 1.23. The first-order valence-electron chi connectivity index (χ1n) is 6.80. The molecule has 0 aromatic carbocycles. The van der Waals surface area contributed by atoms with Gasteiger partial charge in [-0.3, -0.25) is 14.2 Å². The van der Waals surface area contributed by atoms with E-state index < -0.39 is 11.7 Å². The maximum absolute atomic E-state index is 11.7. The molecule has 0 radical (unpaired) electrons. The first-order valence-corrected chi connectivity index (χ1v) is 6.80. The molecule has 1 heterocycles. The fourth-order valence-corrected chi connectivity index (χ4v) is 1.83. The van der Waals surface area contributed by atoms with Crippen molar-refractivity contribution in [3.8, 4) is 0 Å². The minimum atomic E-state index is -0.817. The lowest BCUT2D eigenvalue weighted by atomic mass is 9.84. The second kappa shape index (κ2) is 7.56. The van der Waals surface area contributed by atoms with E-state index in [1.807, 2.05) is 13.8 Å². The Balaban J connectivity index is 2.35. The van der Waals surface area contributed by atoms with E-state index >= 15 is 0 Å². The molecule has 0 aliphatic rings. The van der Waals surface area contributed by atoms with Gasteiger partial charge in [0, 0.05) is 25.4 Å². The molecule has 1 aromatic rings. The molecule has 1 rings (SSSR count). The molecule has 1 aromatic heterocycles. The normalized spacial score (nSPS) is 11.1. The van der Waals surface area contributed by atoms with Crippen molar-refractivity contribution < 1.29 is 14.7 Å². The molecule has 0 aliphatic carbocycles. The summed E-state index contributed by atoms with van der Waals surface area (Å²) in [4.78, 5) is 37.2. The average Bonchev–Trinajstić information content (AvgIpc) is 2.39. The van der Waals surface area contributed by atoms with Crippen LogP contribution in [-0.2, 0) is 16.1 Å². The molecule has 7 nitrogen and oxygen atoms in total. The largest absolute Gasteiger partial charge is 0.481 e. The van der Waals surface area contributed by atoms with Gasteiger partial charge in [0.15, 0.2) is 0 Å². The highest BCUT2D eigenvalue weighted by molar-refractivity contribution is 5.75. The van der Waals surface area contributed by atoms with E-state index in [0.717, 1.165) is 0 Å². The smallest absolute Gasteiger partial charge is 0.347 e. The molecular formula is C14H21N3O4. The van der Waals surface area contributed by atoms with E-state index in [4.69, 9.17) is 5.11 Å². The zero-order valence-corrected chi connectivity index (χ0v) is 12.3. The molecule has 0 saturated carbocycles. The van der Waals surface area contributed by atoms with Gasteiger partial charge < -0.3 is 10.4 Å². The fourth-order valence-electron chi connectivity index (χ4n) is 1.83. The van der Waals surface area contributed by atoms with E-state index in [9.17, 15) is 14.4 Å². The average molecular weight is 295 g/mol. The van der Waals surface area contributed by atoms with Crippen LogP contribution in [0.2, 0.25) is 0 Å². The maximum atomic E-state index is 11.7. The number of rotatable bonds is 8. The molecule has 0 aliphatic heterocycles. The zero-order chi connectivity index (χ0) is 15.9. The van der Waals surface area contributed by atoms with Crippen LogP contribution in [0.25, 0.3) is 0 Å². The quantitative estimate of drug-likeness (QED) is 0.733. The van der Waals surface area contributed by atoms with Crippen molar-refractivity contribution in [2.75, 3.05) is 6.54 Å². The number of aliphatic carboxylic acids is 1. The van der Waals surface area contributed by atoms with Gasteiger partial charge in [0.1, 0.15) is 6.54 Å². The molecule has 116 valence electrons. The summed E-state index contributed by atoms with van der Waals surface area (Å²) in [6.07, 6.45) is 4.23. The lowest BCUT2D eigenvalue weighted by Crippen LogP contribution is -2.34. The first-order chi connectivity index (χ1) is 9.80. The van der Waals surface area contributed by atoms with Gasteiger partial charge in [0.25, 0.3) is 0 Å². The van der Waals surface area contributed by atoms with Gasteiger partial charge in [-0.15, -0.1) is 0 Å². The van der Waals surface area contributed by atoms with Crippen molar-refractivity contribution >= 4 is 11.9 Å². The van der Waals surface area contributed by atoms with Crippen molar-refractivity contribution in [3.63, 3.8) is 0 Å². The second-order valence-electron chi connectivity index (χ2n) is 5.69. The van der Waals surface area contributed by atoms with Gasteiger partial charge in [0.2, 0.25) is 5.91 Å². The van der Waals surface area contributed by atoms with E-state index in [1.165, 1.54) is 17.0 Å². The van der Waals surface area contributed by atoms with Crippen molar-refractivity contribution in [3.05, 3.63) is 28.9 Å². The number of carboxylic acids is 1. The van der Waals surface area contributed by atoms with Crippen molar-refractivity contribution in [2.45, 2.75) is 39.7 Å². The van der Waals surface area contributed by atoms with Gasteiger partial charge in [-0.05, 0) is 24.3 Å². The molecule has 0 atom stereocenters. The van der Waals surface area contributed by atoms with E-state index in [1.54, 1.807) is 6.07 Å². The third-order valence-corrected chi connectivity index (χ3v) is 3.24. The number of amides is 1. The molecule has 0 fully saturated rings. The SMILES string of the molecule is CC(C)(CCNC(=O)Cn1cccnc1=O)CCC(=O)O. The van der Waals surface area contributed by atoms with Crippen LogP contribution in [0.3, 0.4) is 0 Å². The summed E-state index contributed by atoms with van der Waals surface area (Å²) in [6.45, 7) is 4.31. The Bertz CT molecular complexity index is 551. The third-order valence-electron chi connectivity index (χ3n) is 3.24. The maximum Gasteiger partial charge on any atom is 0.347 e. The first kappa shape index (κ1) is 16.9. The van der Waals surface area contributed by atoms with E-state index in [0.29, 0.717) is 19.4 Å². The lowest BCUT2D eigenvalue weighted by Gasteiger charge is -2.23. The van der Waals surface area contributed by atoms with Crippen molar-refractivity contribution in [1.29, 1.82) is 0 Å². The highest BCUT2D eigenvalue weighted by Crippen LogP contribution is 2.25. The van der Waals surface area contributed by atoms with Gasteiger partial charge in [-0.1, -0.05) is 13.8 Å². The monoisotopic (exact) mass is 295 g/mol. The Kier molecular flexibility index (Phi) is 6.08. The van der Waals surface area contributed by atoms with E-state index in [-0.39, 0.29) is 24.3 Å². The highest BCUT2D eigenvalue weighted by Gasteiger charge is 2.19. The predicted molar refractivity (Wildman–Crippen MR) is 76.8 cm³/mol. The predicted octanol–water partition coefficient (Wildman–Crippen LogP) is 0.641. The highest BCUT2D eigenvalue weighted by atomic mass is 16.4. The summed E-state index contributed by atoms with van der Waals surface area (Å²) in [5.41, 5.74) is -0.619. The summed E-state index contributed by atoms with van der Waals surface area (Å²) in [6, 6.07) is 1.59. The fraction of sp³-hybridized carbons (Fsp3) is 0.571. The molecule has 0 bridgehead atoms. The number of nitrogens with one attached hydrogen (secondary N) is 1. The molecule has 21 heavy (non-hydrogen) atoms. The van der Waals surface area contributed by atoms with Crippen LogP contribution < -0.4 is 11.0 Å². The minimum absolute atomic E-state index is 0.0672. The Hall–Kier alpha value is -2.18. The Morgan fingerprint density at radius 3 is 2.71 bits per heavy atom. The van der Waals surface area contributed by atoms with Crippen molar-refractivity contribution in [2.24, 2.45) is 5.41 Å². The van der Waals surface area contributed by atoms with Gasteiger partial charge in [-0.2, -0.15) is 0 Å². The number of carbonyl (C=O) groups excluding carboxylic acids is 1. The summed E-state index contributed by atoms with van der Waals surface area (Å²) in [5, 5.41) is 11.4. The third kappa shape index (κ3) is 6.69. The molecule has 0 unspecified atom stereocenters. The second-order valence-corrected chi connectivity index (χ2v) is 5.69. The molecule has 0 saturated heterocycles. The van der Waals surface area contributed by atoms with Gasteiger partial charge >= 0.3 is 11.7 Å². The molecule has 1 amide bonds. The topological polar surface area (TPSA) is 101 Å². The van der Waals surface area contributed by atoms with Crippen molar-refractivity contribution in [1.82, 2.24) is 14.9 Å². The standard InChI is InChI=1S/C14H21N3O4/c1-14(2,5-4-12(19)20)6-8-15-11(18)10-17-9-3-7-16-13(17)21/h3,7,9H,4-6,8,10H2,1-2H3,(H,15,18)(H,19,20). The summed E-state index contributed by atoms with van der Waals surface area (Å²) >= 11 is 0. The van der Waals surface area contributed by atoms with Crippen LogP contribution in [0.4, 0.5) is 0 Å². The van der Waals surface area contributed by atoms with Crippen LogP contribution in [0.1, 0.15) is 33.1 Å². The number of nitrogens with zero attached hydrogens (tertiary/aromatic N) is 2. The Morgan fingerprint density at radius 1 is 1.38 bits per heavy atom. The molecule has 0 spiro atoms. The number of carboxylic acid groups (broad SMARTS) is 1. The van der Waals surface area contributed by atoms with Gasteiger partial charge in [-0.25, -0.2) is 9.78 Å². The molecular weight excluding hydrogens is 274 g/mol. The molecule has 2 N–H and O–H groups in total. The number of aromatic nitrogens is 2. The number of carbonyl (C=O) groups is 2. The number of hydrogen-bond donors (Lipinski definition) is 2. The summed E-state index contributed by atoms with van der Waals surface area (Å²) in [5.74, 6) is -1.08. The van der Waals surface area contributed by atoms with Crippen LogP contribution in [0.5, 0.6) is 0 Å². The van der Waals surface area contributed by atoms with Crippen LogP contribution in [0.15, 0.2) is 23.3 Å². The zero-order valence-electron chi connectivity index (χ0n) is 12.3. The van der Waals surface area contributed by atoms with Crippen LogP contribution in [-0.4, -0.2) is 33.1 Å². The lowest BCUT2D eigenvalue weighted by molar-refractivity contribution is -0.137. The Labute approximate surface area is 123 Å². The minimum Gasteiger partial charge on any atom is -0.481 e. The van der Waals surface area contributed by atoms with Crippen LogP contribution in [0, 0.1) is 5.41 Å². The Morgan fingerprint density at radius 2 is 2.10 bits per heavy atom. The van der Waals surface area contributed by atoms with Gasteiger partial charge in [0.05, 0.1) is 0 Å². The van der Waals surface area contributed by atoms with E-state index in [2.05, 4.69) is 10.3 Å². The summed E-state index contributed by atoms with van der Waals surface area (Å²) in [7, 11) is 0.